The Morgan fingerprint density at radius 2 is 1.87 bits per heavy atom. The van der Waals surface area contributed by atoms with Crippen LogP contribution in [0.25, 0.3) is 0 Å². The van der Waals surface area contributed by atoms with Crippen LogP contribution >= 0.6 is 44.2 Å². The monoisotopic (exact) mass is 570 g/mol. The highest BCUT2D eigenvalue weighted by Gasteiger charge is 2.86. The average molecular weight is 571 g/mol. The molecule has 0 bridgehead atoms. The minimum atomic E-state index is -1.15. The number of nitrogens with one attached hydrogen (secondary N) is 1. The molecular formula is C19H31IN4O4S2. The Labute approximate surface area is 199 Å². The lowest BCUT2D eigenvalue weighted by molar-refractivity contribution is -0.150. The van der Waals surface area contributed by atoms with Gasteiger partial charge in [-0.2, -0.15) is 0 Å². The number of hydrogen-bond acceptors (Lipinski definition) is 7. The van der Waals surface area contributed by atoms with E-state index in [0.29, 0.717) is 12.8 Å². The molecule has 1 aliphatic heterocycles. The van der Waals surface area contributed by atoms with Crippen LogP contribution in [0.15, 0.2) is 0 Å². The van der Waals surface area contributed by atoms with Gasteiger partial charge in [-0.1, -0.05) is 78.8 Å². The Morgan fingerprint density at radius 1 is 1.27 bits per heavy atom. The Bertz CT molecular complexity index is 747. The molecule has 0 radical (unpaired) electrons. The minimum absolute atomic E-state index is 0.0221. The highest BCUT2D eigenvalue weighted by Crippen LogP contribution is 2.75. The van der Waals surface area contributed by atoms with Crippen LogP contribution in [-0.4, -0.2) is 61.1 Å². The molecule has 0 spiro atoms. The standard InChI is InChI=1S/C19H31IN4O4S2/c1-6-18-12(19(18,20)7-2)15(27)24(16(18)28)11(8-21)14(26)23-10(13(22)25)9-29-30-17(3,4)5/h10-12H,6-9,21H2,1-5H3,(H2,22,25)(H,23,26)/t10-,11-,12?,18?,19?/m0/s1. The van der Waals surface area contributed by atoms with Gasteiger partial charge in [-0.15, -0.1) is 0 Å². The van der Waals surface area contributed by atoms with E-state index in [0.717, 1.165) is 4.90 Å². The van der Waals surface area contributed by atoms with Gasteiger partial charge in [-0.25, -0.2) is 0 Å². The topological polar surface area (TPSA) is 136 Å². The van der Waals surface area contributed by atoms with Crippen molar-refractivity contribution in [3.05, 3.63) is 0 Å². The molecule has 2 aliphatic rings. The lowest BCUT2D eigenvalue weighted by Crippen LogP contribution is -2.59. The maximum absolute atomic E-state index is 13.3. The summed E-state index contributed by atoms with van der Waals surface area (Å²) in [6, 6.07) is -2.07. The van der Waals surface area contributed by atoms with Crippen LogP contribution in [0, 0.1) is 11.3 Å². The van der Waals surface area contributed by atoms with Crippen LogP contribution in [0.1, 0.15) is 47.5 Å². The van der Waals surface area contributed by atoms with E-state index in [1.54, 1.807) is 10.8 Å². The number of rotatable bonds is 10. The molecule has 4 amide bonds. The quantitative estimate of drug-likeness (QED) is 0.157. The molecule has 1 aliphatic carbocycles. The predicted molar refractivity (Wildman–Crippen MR) is 129 cm³/mol. The first-order chi connectivity index (χ1) is 13.8. The summed E-state index contributed by atoms with van der Waals surface area (Å²) in [5.41, 5.74) is 10.5. The molecule has 170 valence electrons. The maximum Gasteiger partial charge on any atom is 0.245 e. The van der Waals surface area contributed by atoms with E-state index < -0.39 is 38.7 Å². The molecule has 0 aromatic heterocycles. The number of carbonyl (C=O) groups excluding carboxylic acids is 4. The van der Waals surface area contributed by atoms with Crippen LogP contribution in [0.3, 0.4) is 0 Å². The third-order valence-corrected chi connectivity index (χ3v) is 11.5. The molecule has 3 unspecified atom stereocenters. The first-order valence-electron chi connectivity index (χ1n) is 9.99. The van der Waals surface area contributed by atoms with E-state index in [9.17, 15) is 19.2 Å². The molecule has 11 heteroatoms. The summed E-state index contributed by atoms with van der Waals surface area (Å²) in [5.74, 6) is -2.15. The number of likely N-dealkylation sites (tertiary alicyclic amines) is 1. The van der Waals surface area contributed by atoms with Gasteiger partial charge >= 0.3 is 0 Å². The molecule has 0 aromatic rings. The second kappa shape index (κ2) is 9.14. The van der Waals surface area contributed by atoms with Crippen molar-refractivity contribution in [2.75, 3.05) is 12.3 Å². The number of nitrogens with two attached hydrogens (primary N) is 2. The van der Waals surface area contributed by atoms with Gasteiger partial charge < -0.3 is 16.8 Å². The highest BCUT2D eigenvalue weighted by molar-refractivity contribution is 14.1. The van der Waals surface area contributed by atoms with E-state index in [1.807, 2.05) is 34.6 Å². The van der Waals surface area contributed by atoms with Gasteiger partial charge in [0.2, 0.25) is 23.6 Å². The van der Waals surface area contributed by atoms with Crippen molar-refractivity contribution >= 4 is 67.8 Å². The molecule has 1 saturated carbocycles. The van der Waals surface area contributed by atoms with E-state index in [2.05, 4.69) is 27.9 Å². The third-order valence-electron chi connectivity index (χ3n) is 5.81. The number of carbonyl (C=O) groups is 4. The van der Waals surface area contributed by atoms with Crippen molar-refractivity contribution < 1.29 is 19.2 Å². The highest BCUT2D eigenvalue weighted by atomic mass is 127. The van der Waals surface area contributed by atoms with E-state index >= 15 is 0 Å². The fourth-order valence-electron chi connectivity index (χ4n) is 4.26. The number of hydrogen-bond donors (Lipinski definition) is 3. The van der Waals surface area contributed by atoms with Gasteiger partial charge in [0.25, 0.3) is 0 Å². The zero-order valence-electron chi connectivity index (χ0n) is 18.0. The van der Waals surface area contributed by atoms with Gasteiger partial charge in [0, 0.05) is 20.5 Å². The summed E-state index contributed by atoms with van der Waals surface area (Å²) >= 11 is 2.22. The van der Waals surface area contributed by atoms with Crippen molar-refractivity contribution in [2.45, 2.75) is 67.7 Å². The smallest absolute Gasteiger partial charge is 0.245 e. The summed E-state index contributed by atoms with van der Waals surface area (Å²) in [6.45, 7) is 9.75. The summed E-state index contributed by atoms with van der Waals surface area (Å²) in [6.07, 6.45) is 1.22. The normalized spacial score (nSPS) is 30.1. The van der Waals surface area contributed by atoms with Crippen molar-refractivity contribution in [1.82, 2.24) is 10.2 Å². The Balaban J connectivity index is 2.14. The molecule has 5 atom stereocenters. The zero-order valence-corrected chi connectivity index (χ0v) is 21.8. The lowest BCUT2D eigenvalue weighted by Gasteiger charge is -2.31. The Morgan fingerprint density at radius 3 is 2.27 bits per heavy atom. The summed E-state index contributed by atoms with van der Waals surface area (Å²) < 4.78 is -0.428. The van der Waals surface area contributed by atoms with E-state index in [1.165, 1.54) is 10.8 Å². The van der Waals surface area contributed by atoms with Crippen LogP contribution < -0.4 is 16.8 Å². The molecule has 2 rings (SSSR count). The molecule has 8 nitrogen and oxygen atoms in total. The fraction of sp³-hybridized carbons (Fsp3) is 0.789. The number of amides is 4. The van der Waals surface area contributed by atoms with Gasteiger partial charge in [-0.3, -0.25) is 24.1 Å². The van der Waals surface area contributed by atoms with Crippen LogP contribution in [0.2, 0.25) is 0 Å². The van der Waals surface area contributed by atoms with Gasteiger partial charge in [0.15, 0.2) is 0 Å². The number of halogens is 1. The van der Waals surface area contributed by atoms with Crippen molar-refractivity contribution in [3.63, 3.8) is 0 Å². The summed E-state index contributed by atoms with van der Waals surface area (Å²) in [5, 5.41) is 2.59. The number of nitrogens with zero attached hydrogens (tertiary/aromatic N) is 1. The van der Waals surface area contributed by atoms with Gasteiger partial charge in [0.05, 0.1) is 11.3 Å². The first-order valence-corrected chi connectivity index (χ1v) is 13.4. The van der Waals surface area contributed by atoms with Crippen LogP contribution in [0.4, 0.5) is 0 Å². The Kier molecular flexibility index (Phi) is 7.84. The van der Waals surface area contributed by atoms with Crippen LogP contribution in [0.5, 0.6) is 0 Å². The predicted octanol–water partition coefficient (Wildman–Crippen LogP) is 1.44. The van der Waals surface area contributed by atoms with Crippen molar-refractivity contribution in [1.29, 1.82) is 0 Å². The number of fused-ring (bicyclic) bond motifs is 1. The molecule has 5 N–H and O–H groups in total. The molecule has 30 heavy (non-hydrogen) atoms. The molecule has 1 saturated heterocycles. The molecule has 2 fully saturated rings. The van der Waals surface area contributed by atoms with Crippen molar-refractivity contribution in [2.24, 2.45) is 22.8 Å². The number of primary amides is 1. The van der Waals surface area contributed by atoms with E-state index in [4.69, 9.17) is 11.5 Å². The second-order valence-electron chi connectivity index (χ2n) is 8.68. The minimum Gasteiger partial charge on any atom is -0.368 e. The molecule has 0 aromatic carbocycles. The number of alkyl halides is 1. The Hall–Kier alpha value is -0.530. The summed E-state index contributed by atoms with van der Waals surface area (Å²) in [4.78, 5) is 52.1. The zero-order chi connectivity index (χ0) is 23.1. The first kappa shape index (κ1) is 25.7. The largest absolute Gasteiger partial charge is 0.368 e. The lowest BCUT2D eigenvalue weighted by atomic mass is 9.97. The van der Waals surface area contributed by atoms with Crippen LogP contribution in [-0.2, 0) is 19.2 Å². The van der Waals surface area contributed by atoms with Gasteiger partial charge in [0.1, 0.15) is 12.1 Å². The average Bonchev–Trinajstić information content (AvgIpc) is 3.13. The summed E-state index contributed by atoms with van der Waals surface area (Å²) in [7, 11) is 3.00. The van der Waals surface area contributed by atoms with Crippen molar-refractivity contribution in [3.8, 4) is 0 Å². The fourth-order valence-corrected chi connectivity index (χ4v) is 8.30. The maximum atomic E-state index is 13.3. The molecular weight excluding hydrogens is 539 g/mol. The molecule has 1 heterocycles. The van der Waals surface area contributed by atoms with E-state index in [-0.39, 0.29) is 28.9 Å². The van der Waals surface area contributed by atoms with Gasteiger partial charge in [-0.05, 0) is 12.8 Å². The second-order valence-corrected chi connectivity index (χ2v) is 13.8. The number of piperidine rings is 1. The number of imide groups is 1. The SMILES string of the molecule is CCC1(I)C2C(=O)N([C@@H](CN)C(=O)N[C@@H](CSSC(C)(C)C)C(N)=O)C(=O)C21CC. The third kappa shape index (κ3) is 4.23.